The molecule has 0 spiro atoms. The summed E-state index contributed by atoms with van der Waals surface area (Å²) < 4.78 is 0. The molecule has 1 nitrogen and oxygen atoms in total. The Bertz CT molecular complexity index is 250. The molecule has 0 bridgehead atoms. The standard InChI is InChI=1S/C14H24O/c1-4-6-8-12-9-11(3)10-14(15)13(12)7-5-2/h11H,4-10H2,1-3H3/t11-/m0/s1. The monoisotopic (exact) mass is 208 g/mol. The van der Waals surface area contributed by atoms with Gasteiger partial charge < -0.3 is 0 Å². The Morgan fingerprint density at radius 3 is 2.47 bits per heavy atom. The second-order valence-corrected chi connectivity index (χ2v) is 4.87. The number of hydrogen-bond donors (Lipinski definition) is 0. The number of Topliss-reactive ketones (excluding diaryl/α,β-unsaturated/α-hetero) is 1. The first kappa shape index (κ1) is 12.5. The van der Waals surface area contributed by atoms with Gasteiger partial charge in [-0.2, -0.15) is 0 Å². The average molecular weight is 208 g/mol. The van der Waals surface area contributed by atoms with Gasteiger partial charge in [0, 0.05) is 6.42 Å². The van der Waals surface area contributed by atoms with Crippen LogP contribution in [0.3, 0.4) is 0 Å². The highest BCUT2D eigenvalue weighted by molar-refractivity contribution is 5.97. The normalized spacial score (nSPS) is 22.3. The summed E-state index contributed by atoms with van der Waals surface area (Å²) in [5, 5.41) is 0. The minimum Gasteiger partial charge on any atom is -0.295 e. The maximum atomic E-state index is 11.9. The molecule has 1 aliphatic rings. The van der Waals surface area contributed by atoms with Crippen molar-refractivity contribution in [2.75, 3.05) is 0 Å². The van der Waals surface area contributed by atoms with Gasteiger partial charge in [0.2, 0.25) is 0 Å². The molecule has 1 heteroatoms. The average Bonchev–Trinajstić information content (AvgIpc) is 2.19. The predicted octanol–water partition coefficient (Wildman–Crippen LogP) is 4.27. The summed E-state index contributed by atoms with van der Waals surface area (Å²) >= 11 is 0. The van der Waals surface area contributed by atoms with E-state index in [4.69, 9.17) is 0 Å². The summed E-state index contributed by atoms with van der Waals surface area (Å²) in [5.74, 6) is 1.01. The first-order valence-corrected chi connectivity index (χ1v) is 6.43. The first-order valence-electron chi connectivity index (χ1n) is 6.43. The molecule has 1 atom stereocenters. The molecule has 0 unspecified atom stereocenters. The smallest absolute Gasteiger partial charge is 0.159 e. The van der Waals surface area contributed by atoms with Crippen LogP contribution in [0, 0.1) is 5.92 Å². The SMILES string of the molecule is CCCCC1=C(CCC)C(=O)C[C@@H](C)C1. The lowest BCUT2D eigenvalue weighted by molar-refractivity contribution is -0.117. The fraction of sp³-hybridized carbons (Fsp3) is 0.786. The largest absolute Gasteiger partial charge is 0.295 e. The van der Waals surface area contributed by atoms with Gasteiger partial charge in [-0.25, -0.2) is 0 Å². The first-order chi connectivity index (χ1) is 7.19. The molecule has 15 heavy (non-hydrogen) atoms. The van der Waals surface area contributed by atoms with E-state index in [2.05, 4.69) is 20.8 Å². The summed E-state index contributed by atoms with van der Waals surface area (Å²) in [7, 11) is 0. The van der Waals surface area contributed by atoms with Crippen LogP contribution < -0.4 is 0 Å². The summed E-state index contributed by atoms with van der Waals surface area (Å²) in [4.78, 5) is 11.9. The Labute approximate surface area is 93.9 Å². The van der Waals surface area contributed by atoms with Crippen molar-refractivity contribution in [3.63, 3.8) is 0 Å². The number of ketones is 1. The molecule has 86 valence electrons. The van der Waals surface area contributed by atoms with Crippen molar-refractivity contribution in [3.8, 4) is 0 Å². The third-order valence-electron chi connectivity index (χ3n) is 3.22. The summed E-state index contributed by atoms with van der Waals surface area (Å²) in [6.07, 6.45) is 7.68. The third kappa shape index (κ3) is 3.48. The van der Waals surface area contributed by atoms with E-state index in [0.29, 0.717) is 11.7 Å². The van der Waals surface area contributed by atoms with Crippen molar-refractivity contribution >= 4 is 5.78 Å². The minimum atomic E-state index is 0.432. The number of unbranched alkanes of at least 4 members (excludes halogenated alkanes) is 1. The quantitative estimate of drug-likeness (QED) is 0.659. The molecule has 0 N–H and O–H groups in total. The van der Waals surface area contributed by atoms with Crippen molar-refractivity contribution < 1.29 is 4.79 Å². The molecule has 0 saturated heterocycles. The fourth-order valence-electron chi connectivity index (χ4n) is 2.46. The Morgan fingerprint density at radius 2 is 1.87 bits per heavy atom. The Hall–Kier alpha value is -0.590. The highest BCUT2D eigenvalue weighted by Crippen LogP contribution is 2.32. The number of carbonyl (C=O) groups is 1. The fourth-order valence-corrected chi connectivity index (χ4v) is 2.46. The second kappa shape index (κ2) is 6.09. The van der Waals surface area contributed by atoms with Gasteiger partial charge in [0.25, 0.3) is 0 Å². The molecular weight excluding hydrogens is 184 g/mol. The molecule has 0 aliphatic heterocycles. The van der Waals surface area contributed by atoms with E-state index < -0.39 is 0 Å². The van der Waals surface area contributed by atoms with E-state index in [0.717, 1.165) is 25.7 Å². The Morgan fingerprint density at radius 1 is 1.13 bits per heavy atom. The third-order valence-corrected chi connectivity index (χ3v) is 3.22. The van der Waals surface area contributed by atoms with E-state index >= 15 is 0 Å². The van der Waals surface area contributed by atoms with Crippen molar-refractivity contribution in [2.24, 2.45) is 5.92 Å². The molecule has 0 aromatic heterocycles. The van der Waals surface area contributed by atoms with E-state index in [1.807, 2.05) is 0 Å². The van der Waals surface area contributed by atoms with Gasteiger partial charge in [-0.3, -0.25) is 4.79 Å². The lowest BCUT2D eigenvalue weighted by atomic mass is 9.80. The van der Waals surface area contributed by atoms with Gasteiger partial charge in [-0.15, -0.1) is 0 Å². The lowest BCUT2D eigenvalue weighted by Crippen LogP contribution is -2.17. The molecule has 0 fully saturated rings. The van der Waals surface area contributed by atoms with Crippen LogP contribution >= 0.6 is 0 Å². The second-order valence-electron chi connectivity index (χ2n) is 4.87. The number of rotatable bonds is 5. The van der Waals surface area contributed by atoms with Gasteiger partial charge in [-0.05, 0) is 37.2 Å². The molecule has 0 radical (unpaired) electrons. The van der Waals surface area contributed by atoms with Crippen LogP contribution in [0.1, 0.15) is 65.7 Å². The maximum absolute atomic E-state index is 11.9. The predicted molar refractivity (Wildman–Crippen MR) is 64.9 cm³/mol. The maximum Gasteiger partial charge on any atom is 0.159 e. The van der Waals surface area contributed by atoms with Crippen molar-refractivity contribution in [3.05, 3.63) is 11.1 Å². The van der Waals surface area contributed by atoms with Gasteiger partial charge >= 0.3 is 0 Å². The van der Waals surface area contributed by atoms with Crippen molar-refractivity contribution in [1.82, 2.24) is 0 Å². The zero-order valence-corrected chi connectivity index (χ0v) is 10.4. The molecule has 1 rings (SSSR count). The van der Waals surface area contributed by atoms with E-state index in [1.165, 1.54) is 30.4 Å². The number of hydrogen-bond acceptors (Lipinski definition) is 1. The number of allylic oxidation sites excluding steroid dienone is 2. The lowest BCUT2D eigenvalue weighted by Gasteiger charge is -2.24. The zero-order chi connectivity index (χ0) is 11.3. The van der Waals surface area contributed by atoms with E-state index in [9.17, 15) is 4.79 Å². The summed E-state index contributed by atoms with van der Waals surface area (Å²) in [6.45, 7) is 6.58. The van der Waals surface area contributed by atoms with Gasteiger partial charge in [0.1, 0.15) is 0 Å². The molecule has 0 aromatic carbocycles. The van der Waals surface area contributed by atoms with Crippen LogP contribution in [0.25, 0.3) is 0 Å². The van der Waals surface area contributed by atoms with Crippen molar-refractivity contribution in [2.45, 2.75) is 65.7 Å². The number of carbonyl (C=O) groups excluding carboxylic acids is 1. The Kier molecular flexibility index (Phi) is 5.07. The molecule has 0 amide bonds. The van der Waals surface area contributed by atoms with E-state index in [1.54, 1.807) is 0 Å². The topological polar surface area (TPSA) is 17.1 Å². The summed E-state index contributed by atoms with van der Waals surface area (Å²) in [6, 6.07) is 0. The van der Waals surface area contributed by atoms with Crippen LogP contribution in [-0.2, 0) is 4.79 Å². The van der Waals surface area contributed by atoms with Crippen LogP contribution in [0.5, 0.6) is 0 Å². The molecule has 0 saturated carbocycles. The summed E-state index contributed by atoms with van der Waals surface area (Å²) in [5.41, 5.74) is 2.66. The molecule has 1 aliphatic carbocycles. The molecular formula is C14H24O. The highest BCUT2D eigenvalue weighted by atomic mass is 16.1. The minimum absolute atomic E-state index is 0.432. The van der Waals surface area contributed by atoms with Crippen LogP contribution in [0.15, 0.2) is 11.1 Å². The van der Waals surface area contributed by atoms with Crippen molar-refractivity contribution in [1.29, 1.82) is 0 Å². The molecule has 0 heterocycles. The van der Waals surface area contributed by atoms with Crippen LogP contribution in [0.4, 0.5) is 0 Å². The van der Waals surface area contributed by atoms with Crippen LogP contribution in [-0.4, -0.2) is 5.78 Å². The van der Waals surface area contributed by atoms with Gasteiger partial charge in [0.15, 0.2) is 5.78 Å². The van der Waals surface area contributed by atoms with Gasteiger partial charge in [-0.1, -0.05) is 39.2 Å². The Balaban J connectivity index is 2.77. The van der Waals surface area contributed by atoms with Crippen LogP contribution in [0.2, 0.25) is 0 Å². The zero-order valence-electron chi connectivity index (χ0n) is 10.4. The van der Waals surface area contributed by atoms with Gasteiger partial charge in [0.05, 0.1) is 0 Å². The molecule has 0 aromatic rings. The van der Waals surface area contributed by atoms with E-state index in [-0.39, 0.29) is 0 Å². The highest BCUT2D eigenvalue weighted by Gasteiger charge is 2.23.